The predicted molar refractivity (Wildman–Crippen MR) is 161 cm³/mol. The number of hydrazine groups is 2. The van der Waals surface area contributed by atoms with Gasteiger partial charge in [0.15, 0.2) is 17.4 Å². The molecule has 242 valence electrons. The first kappa shape index (κ1) is 27.6. The van der Waals surface area contributed by atoms with E-state index in [-0.39, 0.29) is 36.0 Å². The minimum atomic E-state index is -0.428. The average molecular weight is 630 g/mol. The molecule has 1 aromatic rings. The van der Waals surface area contributed by atoms with Crippen LogP contribution in [0.4, 0.5) is 0 Å². The maximum atomic E-state index is 12.4. The molecule has 6 fully saturated rings. The summed E-state index contributed by atoms with van der Waals surface area (Å²) in [5.74, 6) is -0.0795. The summed E-state index contributed by atoms with van der Waals surface area (Å²) in [6, 6.07) is 1.38. The molecule has 1 aromatic heterocycles. The third-order valence-corrected chi connectivity index (χ3v) is 12.5. The van der Waals surface area contributed by atoms with E-state index >= 15 is 0 Å². The summed E-state index contributed by atoms with van der Waals surface area (Å²) >= 11 is 0. The highest BCUT2D eigenvalue weighted by Crippen LogP contribution is 2.57. The molecule has 4 saturated heterocycles. The van der Waals surface area contributed by atoms with E-state index in [1.54, 1.807) is 12.2 Å². The van der Waals surface area contributed by atoms with E-state index in [0.717, 1.165) is 68.6 Å². The molecule has 8 heterocycles. The zero-order valence-corrected chi connectivity index (χ0v) is 26.0. The van der Waals surface area contributed by atoms with Gasteiger partial charge >= 0.3 is 11.9 Å². The van der Waals surface area contributed by atoms with Crippen LogP contribution in [-0.2, 0) is 30.4 Å². The van der Waals surface area contributed by atoms with Gasteiger partial charge in [-0.05, 0) is 62.8 Å². The van der Waals surface area contributed by atoms with Gasteiger partial charge in [-0.3, -0.25) is 9.80 Å². The minimum absolute atomic E-state index is 0.125. The van der Waals surface area contributed by atoms with Crippen LogP contribution in [0.3, 0.4) is 0 Å². The standard InChI is InChI=1S/C33H41N8O5/c42-30-11-21-9-20(26-13-32(21,45-30)28-5-1-3-7-39(26)28)15-38-16-23(34-36-38)18-44-19-24-17-41(37-35-24)25-10-22-12-31(43)46-33(22)14-27(25)40-8-4-2-6-29(33)40/h11-12,15-17,20,25-29,34,36H,1-10,13-14,18-19H2/q+1/b38-15+/t20?,25-,26+,27+,28-,29-,32+,33+/m1/s1. The monoisotopic (exact) mass is 629 g/mol. The van der Waals surface area contributed by atoms with Crippen LogP contribution >= 0.6 is 0 Å². The van der Waals surface area contributed by atoms with Crippen molar-refractivity contribution in [2.75, 3.05) is 19.7 Å². The SMILES string of the molecule is O=C1C=C2CC(/C=[N+]3\C=C(COCc4cn([C@@H]5CC6=CC(=O)O[C@@]67C[C@@H]5N5CCCC[C@@H]57)nn4)NN3)[C@@H]3C[C@@]2(O1)[C@H]1CCCCN31. The lowest BCUT2D eigenvalue weighted by Gasteiger charge is -2.38. The van der Waals surface area contributed by atoms with Crippen molar-refractivity contribution in [1.82, 2.24) is 35.8 Å². The normalized spacial score (nSPS) is 41.5. The predicted octanol–water partition coefficient (Wildman–Crippen LogP) is 1.40. The molecule has 13 heteroatoms. The lowest BCUT2D eigenvalue weighted by Crippen LogP contribution is -2.48. The lowest BCUT2D eigenvalue weighted by molar-refractivity contribution is -0.517. The van der Waals surface area contributed by atoms with Crippen LogP contribution in [0.5, 0.6) is 0 Å². The molecule has 7 aliphatic heterocycles. The maximum absolute atomic E-state index is 12.4. The van der Waals surface area contributed by atoms with E-state index in [2.05, 4.69) is 37.3 Å². The first-order valence-corrected chi connectivity index (χ1v) is 17.2. The minimum Gasteiger partial charge on any atom is -0.450 e. The largest absolute Gasteiger partial charge is 0.450 e. The van der Waals surface area contributed by atoms with E-state index in [0.29, 0.717) is 25.3 Å². The third kappa shape index (κ3) is 3.94. The van der Waals surface area contributed by atoms with Gasteiger partial charge in [-0.25, -0.2) is 19.7 Å². The number of nitrogens with zero attached hydrogens (tertiary/aromatic N) is 6. The quantitative estimate of drug-likeness (QED) is 0.351. The van der Waals surface area contributed by atoms with Gasteiger partial charge in [-0.2, -0.15) is 0 Å². The number of rotatable bonds is 6. The highest BCUT2D eigenvalue weighted by Gasteiger charge is 2.65. The molecule has 4 bridgehead atoms. The summed E-state index contributed by atoms with van der Waals surface area (Å²) in [5, 5.41) is 8.99. The van der Waals surface area contributed by atoms with E-state index in [1.165, 1.54) is 31.3 Å². The molecule has 46 heavy (non-hydrogen) atoms. The topological polar surface area (TPSA) is 126 Å². The number of carbonyl (C=O) groups excluding carboxylic acids is 2. The number of aromatic nitrogens is 3. The van der Waals surface area contributed by atoms with Gasteiger partial charge in [0, 0.05) is 37.1 Å². The number of hydrogen-bond donors (Lipinski definition) is 2. The van der Waals surface area contributed by atoms with Crippen molar-refractivity contribution in [2.45, 2.75) is 112 Å². The molecular formula is C33H41N8O5+. The Bertz CT molecular complexity index is 1630. The van der Waals surface area contributed by atoms with Crippen molar-refractivity contribution in [3.8, 4) is 0 Å². The Labute approximate surface area is 267 Å². The smallest absolute Gasteiger partial charge is 0.331 e. The fourth-order valence-corrected chi connectivity index (χ4v) is 10.7. The number of esters is 2. The molecular weight excluding hydrogens is 588 g/mol. The molecule has 8 atom stereocenters. The van der Waals surface area contributed by atoms with Crippen molar-refractivity contribution in [3.05, 3.63) is 47.1 Å². The van der Waals surface area contributed by atoms with E-state index in [1.807, 2.05) is 21.8 Å². The summed E-state index contributed by atoms with van der Waals surface area (Å²) < 4.78 is 22.1. The van der Waals surface area contributed by atoms with Gasteiger partial charge in [-0.15, -0.1) is 5.10 Å². The molecule has 2 saturated carbocycles. The third-order valence-electron chi connectivity index (χ3n) is 12.5. The second kappa shape index (κ2) is 9.98. The molecule has 1 unspecified atom stereocenters. The second-order valence-electron chi connectivity index (χ2n) is 14.8. The van der Waals surface area contributed by atoms with Crippen LogP contribution in [0.1, 0.15) is 75.9 Å². The number of hydrazone groups is 1. The van der Waals surface area contributed by atoms with Crippen molar-refractivity contribution in [2.24, 2.45) is 5.92 Å². The van der Waals surface area contributed by atoms with Gasteiger partial charge in [0.2, 0.25) is 6.20 Å². The molecule has 2 spiro atoms. The molecule has 0 amide bonds. The van der Waals surface area contributed by atoms with Crippen molar-refractivity contribution < 1.29 is 28.5 Å². The molecule has 9 aliphatic rings. The summed E-state index contributed by atoms with van der Waals surface area (Å²) in [6.45, 7) is 2.87. The van der Waals surface area contributed by atoms with Gasteiger partial charge in [0.25, 0.3) is 0 Å². The average Bonchev–Trinajstić information content (AvgIpc) is 3.90. The fourth-order valence-electron chi connectivity index (χ4n) is 10.7. The zero-order valence-electron chi connectivity index (χ0n) is 26.0. The van der Waals surface area contributed by atoms with Crippen LogP contribution in [0.25, 0.3) is 0 Å². The molecule has 2 N–H and O–H groups in total. The molecule has 10 rings (SSSR count). The summed E-state index contributed by atoms with van der Waals surface area (Å²) in [5.41, 5.74) is 9.69. The van der Waals surface area contributed by atoms with E-state index in [4.69, 9.17) is 14.2 Å². The van der Waals surface area contributed by atoms with E-state index in [9.17, 15) is 9.59 Å². The Kier molecular flexibility index (Phi) is 5.98. The van der Waals surface area contributed by atoms with Gasteiger partial charge in [0.1, 0.15) is 11.4 Å². The van der Waals surface area contributed by atoms with E-state index < -0.39 is 11.2 Å². The van der Waals surface area contributed by atoms with Crippen LogP contribution < -0.4 is 11.0 Å². The summed E-state index contributed by atoms with van der Waals surface area (Å²) in [7, 11) is 0. The van der Waals surface area contributed by atoms with Crippen molar-refractivity contribution in [3.63, 3.8) is 0 Å². The van der Waals surface area contributed by atoms with Crippen LogP contribution in [-0.4, -0.2) is 103 Å². The first-order valence-electron chi connectivity index (χ1n) is 17.2. The molecule has 2 aliphatic carbocycles. The number of fused-ring (bicyclic) bond motifs is 6. The second-order valence-corrected chi connectivity index (χ2v) is 14.8. The number of nitrogens with one attached hydrogen (secondary N) is 2. The molecule has 13 nitrogen and oxygen atoms in total. The Morgan fingerprint density at radius 3 is 2.37 bits per heavy atom. The Morgan fingerprint density at radius 2 is 1.61 bits per heavy atom. The fraction of sp³-hybridized carbons (Fsp3) is 0.667. The Hall–Kier alpha value is -3.55. The Balaban J connectivity index is 0.799. The number of carbonyl (C=O) groups is 2. The lowest BCUT2D eigenvalue weighted by atomic mass is 9.73. The van der Waals surface area contributed by atoms with Crippen molar-refractivity contribution >= 4 is 18.2 Å². The zero-order chi connectivity index (χ0) is 30.6. The van der Waals surface area contributed by atoms with Gasteiger partial charge in [-0.1, -0.05) is 28.3 Å². The van der Waals surface area contributed by atoms with Gasteiger partial charge in [0.05, 0.1) is 43.5 Å². The highest BCUT2D eigenvalue weighted by atomic mass is 16.6. The summed E-state index contributed by atoms with van der Waals surface area (Å²) in [6.07, 6.45) is 20.1. The maximum Gasteiger partial charge on any atom is 0.331 e. The number of piperidine rings is 2. The van der Waals surface area contributed by atoms with Crippen LogP contribution in [0.2, 0.25) is 0 Å². The van der Waals surface area contributed by atoms with Crippen LogP contribution in [0.15, 0.2) is 41.4 Å². The van der Waals surface area contributed by atoms with Gasteiger partial charge < -0.3 is 14.2 Å². The first-order chi connectivity index (χ1) is 22.5. The molecule has 0 radical (unpaired) electrons. The molecule has 0 aromatic carbocycles. The van der Waals surface area contributed by atoms with Crippen molar-refractivity contribution in [1.29, 1.82) is 0 Å². The summed E-state index contributed by atoms with van der Waals surface area (Å²) in [4.78, 5) is 29.9. The number of ether oxygens (including phenoxy) is 3. The Morgan fingerprint density at radius 1 is 0.913 bits per heavy atom. The van der Waals surface area contributed by atoms with Crippen LogP contribution in [0, 0.1) is 5.92 Å². The number of hydrogen-bond acceptors (Lipinski definition) is 11. The highest BCUT2D eigenvalue weighted by molar-refractivity contribution is 5.88.